The van der Waals surface area contributed by atoms with Gasteiger partial charge in [0.2, 0.25) is 5.78 Å². The number of aryl methyl sites for hydroxylation is 3. The molecule has 1 aromatic carbocycles. The molecular formula is C19H20N6OS. The summed E-state index contributed by atoms with van der Waals surface area (Å²) >= 11 is 1.50. The van der Waals surface area contributed by atoms with Gasteiger partial charge >= 0.3 is 5.69 Å². The molecule has 8 heteroatoms. The van der Waals surface area contributed by atoms with Crippen LogP contribution < -0.4 is 5.69 Å². The van der Waals surface area contributed by atoms with E-state index in [2.05, 4.69) is 32.3 Å². The Kier molecular flexibility index (Phi) is 4.81. The summed E-state index contributed by atoms with van der Waals surface area (Å²) in [6.45, 7) is 4.59. The topological polar surface area (TPSA) is 80.9 Å². The Morgan fingerprint density at radius 1 is 1.15 bits per heavy atom. The van der Waals surface area contributed by atoms with Crippen LogP contribution in [0.25, 0.3) is 5.78 Å². The van der Waals surface area contributed by atoms with E-state index in [4.69, 9.17) is 0 Å². The van der Waals surface area contributed by atoms with Crippen molar-refractivity contribution in [2.24, 2.45) is 0 Å². The van der Waals surface area contributed by atoms with Crippen LogP contribution in [0.4, 0.5) is 0 Å². The lowest BCUT2D eigenvalue weighted by Crippen LogP contribution is -2.18. The fraction of sp³-hybridized carbons (Fsp3) is 0.263. The van der Waals surface area contributed by atoms with Gasteiger partial charge in [-0.1, -0.05) is 42.1 Å². The number of rotatable bonds is 6. The summed E-state index contributed by atoms with van der Waals surface area (Å²) in [4.78, 5) is 21.1. The molecule has 3 aromatic heterocycles. The largest absolute Gasteiger partial charge is 0.343 e. The number of nitrogens with one attached hydrogen (secondary N) is 1. The van der Waals surface area contributed by atoms with E-state index in [0.717, 1.165) is 23.5 Å². The van der Waals surface area contributed by atoms with Crippen molar-refractivity contribution in [3.63, 3.8) is 0 Å². The van der Waals surface area contributed by atoms with Crippen LogP contribution in [0.15, 0.2) is 52.5 Å². The molecule has 0 aliphatic rings. The Bertz CT molecular complexity index is 1130. The minimum absolute atomic E-state index is 0.184. The van der Waals surface area contributed by atoms with Crippen LogP contribution in [0.5, 0.6) is 0 Å². The second-order valence-corrected chi connectivity index (χ2v) is 7.37. The van der Waals surface area contributed by atoms with Crippen LogP contribution in [0.2, 0.25) is 0 Å². The Morgan fingerprint density at radius 2 is 1.96 bits per heavy atom. The van der Waals surface area contributed by atoms with E-state index >= 15 is 0 Å². The van der Waals surface area contributed by atoms with Gasteiger partial charge in [0.15, 0.2) is 5.16 Å². The number of aromatic amines is 1. The van der Waals surface area contributed by atoms with Crippen LogP contribution in [-0.2, 0) is 18.7 Å². The van der Waals surface area contributed by atoms with Gasteiger partial charge in [0.25, 0.3) is 0 Å². The Morgan fingerprint density at radius 3 is 2.78 bits per heavy atom. The maximum atomic E-state index is 12.1. The monoisotopic (exact) mass is 380 g/mol. The highest BCUT2D eigenvalue weighted by Gasteiger charge is 2.12. The van der Waals surface area contributed by atoms with E-state index in [-0.39, 0.29) is 5.69 Å². The van der Waals surface area contributed by atoms with Crippen LogP contribution in [0, 0.1) is 13.8 Å². The molecule has 4 aromatic rings. The van der Waals surface area contributed by atoms with Gasteiger partial charge in [-0.05, 0) is 31.9 Å². The molecule has 0 saturated carbocycles. The highest BCUT2D eigenvalue weighted by atomic mass is 32.2. The minimum atomic E-state index is -0.184. The average Bonchev–Trinajstić information content (AvgIpc) is 3.22. The van der Waals surface area contributed by atoms with Gasteiger partial charge in [0, 0.05) is 29.9 Å². The molecule has 0 aliphatic heterocycles. The van der Waals surface area contributed by atoms with E-state index in [1.54, 1.807) is 4.57 Å². The zero-order chi connectivity index (χ0) is 18.8. The second-order valence-electron chi connectivity index (χ2n) is 6.43. The fourth-order valence-corrected chi connectivity index (χ4v) is 3.88. The maximum Gasteiger partial charge on any atom is 0.343 e. The second kappa shape index (κ2) is 7.40. The molecule has 7 nitrogen and oxygen atoms in total. The summed E-state index contributed by atoms with van der Waals surface area (Å²) < 4.78 is 3.66. The van der Waals surface area contributed by atoms with E-state index in [0.29, 0.717) is 23.2 Å². The molecule has 0 atom stereocenters. The molecule has 0 fully saturated rings. The summed E-state index contributed by atoms with van der Waals surface area (Å²) in [6.07, 6.45) is 2.77. The molecule has 3 heterocycles. The highest BCUT2D eigenvalue weighted by Crippen LogP contribution is 2.20. The lowest BCUT2D eigenvalue weighted by atomic mass is 10.1. The van der Waals surface area contributed by atoms with E-state index < -0.39 is 0 Å². The normalized spacial score (nSPS) is 11.3. The number of thioether (sulfide) groups is 1. The molecular weight excluding hydrogens is 360 g/mol. The van der Waals surface area contributed by atoms with Gasteiger partial charge in [0.1, 0.15) is 0 Å². The van der Waals surface area contributed by atoms with Gasteiger partial charge in [0.05, 0.1) is 5.69 Å². The van der Waals surface area contributed by atoms with Crippen molar-refractivity contribution in [3.8, 4) is 0 Å². The van der Waals surface area contributed by atoms with Crippen LogP contribution in [0.1, 0.15) is 22.6 Å². The van der Waals surface area contributed by atoms with Crippen molar-refractivity contribution in [2.45, 2.75) is 37.7 Å². The molecule has 1 N–H and O–H groups in total. The van der Waals surface area contributed by atoms with Crippen molar-refractivity contribution in [3.05, 3.63) is 75.7 Å². The van der Waals surface area contributed by atoms with E-state index in [1.165, 1.54) is 17.3 Å². The van der Waals surface area contributed by atoms with Crippen molar-refractivity contribution in [2.75, 3.05) is 0 Å². The number of aromatic nitrogens is 6. The number of benzene rings is 1. The third kappa shape index (κ3) is 3.80. The molecule has 4 rings (SSSR count). The zero-order valence-corrected chi connectivity index (χ0v) is 16.0. The molecule has 138 valence electrons. The molecule has 0 radical (unpaired) electrons. The number of H-pyrrole nitrogens is 1. The number of hydrogen-bond acceptors (Lipinski definition) is 5. The Balaban J connectivity index is 1.49. The molecule has 0 aliphatic carbocycles. The molecule has 27 heavy (non-hydrogen) atoms. The van der Waals surface area contributed by atoms with Crippen LogP contribution in [0.3, 0.4) is 0 Å². The molecule has 0 bridgehead atoms. The quantitative estimate of drug-likeness (QED) is 0.520. The third-order valence-corrected chi connectivity index (χ3v) is 5.36. The predicted octanol–water partition coefficient (Wildman–Crippen LogP) is 2.77. The third-order valence-electron chi connectivity index (χ3n) is 4.35. The van der Waals surface area contributed by atoms with Gasteiger partial charge in [-0.25, -0.2) is 19.9 Å². The smallest absolute Gasteiger partial charge is 0.288 e. The Hall–Kier alpha value is -2.87. The summed E-state index contributed by atoms with van der Waals surface area (Å²) in [5.74, 6) is 1.32. The Labute approximate surface area is 160 Å². The van der Waals surface area contributed by atoms with Crippen molar-refractivity contribution in [1.29, 1.82) is 0 Å². The number of nitrogens with zero attached hydrogens (tertiary/aromatic N) is 5. The standard InChI is InChI=1S/C19H20N6OS/c1-13-10-14(2)25-11-16(21-17(25)20-13)12-27-19-23-22-18(26)24(19)9-8-15-6-4-3-5-7-15/h3-7,10-11H,8-9,12H2,1-2H3,(H,22,26). The lowest BCUT2D eigenvalue weighted by molar-refractivity contribution is 0.616. The summed E-state index contributed by atoms with van der Waals surface area (Å²) in [6, 6.07) is 12.1. The van der Waals surface area contributed by atoms with Gasteiger partial charge in [-0.15, -0.1) is 5.10 Å². The zero-order valence-electron chi connectivity index (χ0n) is 15.2. The van der Waals surface area contributed by atoms with Gasteiger partial charge in [-0.3, -0.25) is 8.97 Å². The first-order valence-electron chi connectivity index (χ1n) is 8.74. The SMILES string of the molecule is Cc1cc(C)n2cc(CSc3n[nH]c(=O)n3CCc3ccccc3)nc2n1. The minimum Gasteiger partial charge on any atom is -0.288 e. The number of fused-ring (bicyclic) bond motifs is 1. The first-order valence-corrected chi connectivity index (χ1v) is 9.73. The maximum absolute atomic E-state index is 12.1. The lowest BCUT2D eigenvalue weighted by Gasteiger charge is -2.05. The average molecular weight is 380 g/mol. The molecule has 0 spiro atoms. The van der Waals surface area contributed by atoms with Crippen LogP contribution >= 0.6 is 11.8 Å². The number of hydrogen-bond donors (Lipinski definition) is 1. The fourth-order valence-electron chi connectivity index (χ4n) is 3.02. The van der Waals surface area contributed by atoms with Crippen LogP contribution in [-0.4, -0.2) is 29.1 Å². The van der Waals surface area contributed by atoms with Gasteiger partial charge < -0.3 is 0 Å². The summed E-state index contributed by atoms with van der Waals surface area (Å²) in [5, 5.41) is 7.39. The van der Waals surface area contributed by atoms with Gasteiger partial charge in [-0.2, -0.15) is 0 Å². The van der Waals surface area contributed by atoms with E-state index in [9.17, 15) is 4.79 Å². The van der Waals surface area contributed by atoms with Crippen molar-refractivity contribution >= 4 is 17.5 Å². The summed E-state index contributed by atoms with van der Waals surface area (Å²) in [7, 11) is 0. The highest BCUT2D eigenvalue weighted by molar-refractivity contribution is 7.98. The molecule has 0 unspecified atom stereocenters. The predicted molar refractivity (Wildman–Crippen MR) is 105 cm³/mol. The first-order chi connectivity index (χ1) is 13.1. The molecule has 0 amide bonds. The van der Waals surface area contributed by atoms with E-state index in [1.807, 2.05) is 48.7 Å². The molecule has 0 saturated heterocycles. The number of imidazole rings is 1. The van der Waals surface area contributed by atoms with Crippen molar-refractivity contribution < 1.29 is 0 Å². The van der Waals surface area contributed by atoms with Crippen molar-refractivity contribution in [1.82, 2.24) is 29.1 Å². The first kappa shape index (κ1) is 17.5. The summed E-state index contributed by atoms with van der Waals surface area (Å²) in [5.41, 5.74) is 3.97.